The molecule has 3 unspecified atom stereocenters. The molecule has 1 saturated carbocycles. The van der Waals surface area contributed by atoms with Crippen LogP contribution in [0.25, 0.3) is 11.0 Å². The van der Waals surface area contributed by atoms with Crippen molar-refractivity contribution >= 4 is 40.6 Å². The van der Waals surface area contributed by atoms with Crippen molar-refractivity contribution in [1.82, 2.24) is 34.6 Å². The van der Waals surface area contributed by atoms with Gasteiger partial charge in [-0.05, 0) is 51.8 Å². The van der Waals surface area contributed by atoms with Crippen LogP contribution < -0.4 is 10.6 Å². The summed E-state index contributed by atoms with van der Waals surface area (Å²) in [5, 5.41) is 7.17. The average molecular weight is 605 g/mol. The lowest BCUT2D eigenvalue weighted by atomic mass is 10.0. The number of carbonyl (C=O) groups excluding carboxylic acids is 3. The monoisotopic (exact) mass is 604 g/mol. The Bertz CT molecular complexity index is 1560. The van der Waals surface area contributed by atoms with Crippen LogP contribution in [0.15, 0.2) is 30.6 Å². The van der Waals surface area contributed by atoms with Crippen LogP contribution in [0.3, 0.4) is 0 Å². The zero-order valence-electron chi connectivity index (χ0n) is 25.9. The number of aromatic nitrogens is 4. The summed E-state index contributed by atoms with van der Waals surface area (Å²) in [6.07, 6.45) is 6.78. The van der Waals surface area contributed by atoms with E-state index >= 15 is 0 Å². The van der Waals surface area contributed by atoms with Crippen molar-refractivity contribution < 1.29 is 23.9 Å². The molecule has 3 fully saturated rings. The van der Waals surface area contributed by atoms with Gasteiger partial charge in [0, 0.05) is 57.6 Å². The number of amides is 2. The molecule has 6 rings (SSSR count). The van der Waals surface area contributed by atoms with Crippen LogP contribution in [0, 0.1) is 0 Å². The third kappa shape index (κ3) is 6.11. The Hall–Kier alpha value is -4.10. The number of rotatable bonds is 6. The van der Waals surface area contributed by atoms with Gasteiger partial charge >= 0.3 is 5.97 Å². The Morgan fingerprint density at radius 3 is 2.55 bits per heavy atom. The van der Waals surface area contributed by atoms with Crippen LogP contribution in [0.1, 0.15) is 73.3 Å². The highest BCUT2D eigenvalue weighted by atomic mass is 16.6. The molecule has 3 aromatic heterocycles. The number of nitrogens with one attached hydrogen (secondary N) is 2. The van der Waals surface area contributed by atoms with Crippen molar-refractivity contribution in [2.24, 2.45) is 0 Å². The number of hydrogen-bond donors (Lipinski definition) is 2. The van der Waals surface area contributed by atoms with Gasteiger partial charge in [0.2, 0.25) is 5.95 Å². The lowest BCUT2D eigenvalue weighted by molar-refractivity contribution is -0.173. The molecule has 2 bridgehead atoms. The molecule has 2 saturated heterocycles. The molecule has 3 atom stereocenters. The highest BCUT2D eigenvalue weighted by Gasteiger charge is 2.43. The zero-order chi connectivity index (χ0) is 31.2. The number of fused-ring (bicyclic) bond motifs is 3. The highest BCUT2D eigenvalue weighted by molar-refractivity contribution is 5.98. The van der Waals surface area contributed by atoms with E-state index in [2.05, 4.69) is 25.2 Å². The molecule has 1 aliphatic carbocycles. The quantitative estimate of drug-likeness (QED) is 0.403. The number of hydrogen-bond acceptors (Lipinski definition) is 10. The summed E-state index contributed by atoms with van der Waals surface area (Å²) >= 11 is 0. The Kier molecular flexibility index (Phi) is 8.01. The summed E-state index contributed by atoms with van der Waals surface area (Å²) in [5.41, 5.74) is 1.13. The van der Waals surface area contributed by atoms with E-state index in [1.807, 2.05) is 26.8 Å². The van der Waals surface area contributed by atoms with Gasteiger partial charge in [-0.25, -0.2) is 9.97 Å². The minimum atomic E-state index is -0.644. The molecule has 5 heterocycles. The minimum Gasteiger partial charge on any atom is -0.459 e. The molecule has 2 aliphatic heterocycles. The maximum atomic E-state index is 13.4. The van der Waals surface area contributed by atoms with Crippen LogP contribution in [0.5, 0.6) is 0 Å². The smallest absolute Gasteiger partial charge is 0.326 e. The maximum Gasteiger partial charge on any atom is 0.326 e. The highest BCUT2D eigenvalue weighted by Crippen LogP contribution is 2.35. The summed E-state index contributed by atoms with van der Waals surface area (Å²) in [5.74, 6) is 0.206. The predicted octanol–water partition coefficient (Wildman–Crippen LogP) is 2.91. The van der Waals surface area contributed by atoms with Gasteiger partial charge in [-0.2, -0.15) is 4.98 Å². The molecule has 2 N–H and O–H groups in total. The third-order valence-corrected chi connectivity index (χ3v) is 8.22. The van der Waals surface area contributed by atoms with Gasteiger partial charge in [0.15, 0.2) is 0 Å². The van der Waals surface area contributed by atoms with Gasteiger partial charge in [0.05, 0.1) is 11.7 Å². The summed E-state index contributed by atoms with van der Waals surface area (Å²) in [4.78, 5) is 56.2. The van der Waals surface area contributed by atoms with Crippen molar-refractivity contribution in [2.45, 2.75) is 76.3 Å². The molecular weight excluding hydrogens is 564 g/mol. The van der Waals surface area contributed by atoms with Gasteiger partial charge in [0.1, 0.15) is 34.9 Å². The van der Waals surface area contributed by atoms with Gasteiger partial charge in [-0.3, -0.25) is 19.7 Å². The summed E-state index contributed by atoms with van der Waals surface area (Å²) in [6, 6.07) is 4.86. The van der Waals surface area contributed by atoms with Crippen molar-refractivity contribution in [3.63, 3.8) is 0 Å². The van der Waals surface area contributed by atoms with E-state index in [1.165, 1.54) is 6.20 Å². The summed E-state index contributed by atoms with van der Waals surface area (Å²) < 4.78 is 13.7. The van der Waals surface area contributed by atoms with Gasteiger partial charge < -0.3 is 29.2 Å². The SMILES string of the molecule is CN(C)C(=O)c1cc2cnc(Nc3ccc(C(=O)N4CC5CNC(C(=O)OC(C)(C)C)C(C4)O5)cn3)nc2n1C1CCCC1. The predicted molar refractivity (Wildman–Crippen MR) is 163 cm³/mol. The third-order valence-electron chi connectivity index (χ3n) is 8.22. The topological polar surface area (TPSA) is 144 Å². The lowest BCUT2D eigenvalue weighted by Crippen LogP contribution is -2.66. The first kappa shape index (κ1) is 29.9. The van der Waals surface area contributed by atoms with E-state index in [0.29, 0.717) is 41.8 Å². The first-order valence-electron chi connectivity index (χ1n) is 15.2. The standard InChI is InChI=1S/C31H40N8O5/c1-31(2,3)44-29(42)25-23-17-38(16-21(43-23)15-33-25)27(40)18-10-11-24(32-13-18)35-30-34-14-19-12-22(28(41)37(4)5)39(26(19)36-30)20-8-6-7-9-20/h10-14,20-21,23,25,33H,6-9,15-17H2,1-5H3,(H,32,34,35,36). The second kappa shape index (κ2) is 11.8. The van der Waals surface area contributed by atoms with E-state index in [-0.39, 0.29) is 36.5 Å². The summed E-state index contributed by atoms with van der Waals surface area (Å²) in [7, 11) is 3.50. The van der Waals surface area contributed by atoms with Crippen LogP contribution in [-0.4, -0.2) is 105 Å². The fourth-order valence-electron chi connectivity index (χ4n) is 6.21. The van der Waals surface area contributed by atoms with Crippen molar-refractivity contribution in [3.8, 4) is 0 Å². The minimum absolute atomic E-state index is 0.0631. The molecule has 0 radical (unpaired) electrons. The molecule has 3 aliphatic rings. The molecule has 13 nitrogen and oxygen atoms in total. The van der Waals surface area contributed by atoms with E-state index in [0.717, 1.165) is 31.1 Å². The molecule has 2 amide bonds. The van der Waals surface area contributed by atoms with Crippen molar-refractivity contribution in [1.29, 1.82) is 0 Å². The van der Waals surface area contributed by atoms with Crippen LogP contribution in [-0.2, 0) is 14.3 Å². The number of nitrogens with zero attached hydrogens (tertiary/aromatic N) is 6. The van der Waals surface area contributed by atoms with Crippen LogP contribution in [0.2, 0.25) is 0 Å². The van der Waals surface area contributed by atoms with Crippen molar-refractivity contribution in [3.05, 3.63) is 41.9 Å². The average Bonchev–Trinajstić information content (AvgIpc) is 3.63. The molecular formula is C31H40N8O5. The number of carbonyl (C=O) groups is 3. The lowest BCUT2D eigenvalue weighted by Gasteiger charge is -2.45. The number of pyridine rings is 1. The van der Waals surface area contributed by atoms with E-state index < -0.39 is 17.7 Å². The molecule has 0 spiro atoms. The molecule has 44 heavy (non-hydrogen) atoms. The van der Waals surface area contributed by atoms with E-state index in [9.17, 15) is 14.4 Å². The number of morpholine rings is 2. The first-order chi connectivity index (χ1) is 21.0. The Morgan fingerprint density at radius 1 is 1.09 bits per heavy atom. The molecule has 234 valence electrons. The number of ether oxygens (including phenoxy) is 2. The van der Waals surface area contributed by atoms with Crippen LogP contribution in [0.4, 0.5) is 11.8 Å². The second-order valence-electron chi connectivity index (χ2n) is 13.0. The summed E-state index contributed by atoms with van der Waals surface area (Å²) in [6.45, 7) is 6.59. The largest absolute Gasteiger partial charge is 0.459 e. The fourth-order valence-corrected chi connectivity index (χ4v) is 6.21. The van der Waals surface area contributed by atoms with Crippen molar-refractivity contribution in [2.75, 3.05) is 39.0 Å². The van der Waals surface area contributed by atoms with E-state index in [1.54, 1.807) is 42.2 Å². The maximum absolute atomic E-state index is 13.4. The van der Waals surface area contributed by atoms with Gasteiger partial charge in [-0.15, -0.1) is 0 Å². The second-order valence-corrected chi connectivity index (χ2v) is 13.0. The normalized spacial score (nSPS) is 22.2. The fraction of sp³-hybridized carbons (Fsp3) is 0.548. The molecule has 3 aromatic rings. The Labute approximate surface area is 256 Å². The Morgan fingerprint density at radius 2 is 1.86 bits per heavy atom. The number of anilines is 2. The van der Waals surface area contributed by atoms with Crippen LogP contribution >= 0.6 is 0 Å². The van der Waals surface area contributed by atoms with Gasteiger partial charge in [-0.1, -0.05) is 12.8 Å². The number of esters is 1. The van der Waals surface area contributed by atoms with E-state index in [4.69, 9.17) is 14.5 Å². The Balaban J connectivity index is 1.16. The zero-order valence-corrected chi connectivity index (χ0v) is 25.9. The molecule has 13 heteroatoms. The van der Waals surface area contributed by atoms with Gasteiger partial charge in [0.25, 0.3) is 11.8 Å². The molecule has 0 aromatic carbocycles. The first-order valence-corrected chi connectivity index (χ1v) is 15.2.